The molecule has 0 aliphatic rings. The normalized spacial score (nSPS) is 11.2. The maximum absolute atomic E-state index is 12.0. The number of hydrogen-bond donors (Lipinski definition) is 5. The Hall–Kier alpha value is -4.44. The van der Waals surface area contributed by atoms with Crippen LogP contribution in [0.1, 0.15) is 30.1 Å². The standard InChI is InChI=1S/C24H26N6O4/c1-3-20(31)18-5-4-6-19(23(18)25)28-21-13-14-26-24(29-21)27-16-8-10-17(11-9-16)34-15(2)7-12-22(32)30-33/h3-6,8-11,13-15,33H,1,7,12,25H2,2H3,(H,30,32)(H2,26,27,28,29). The molecule has 176 valence electrons. The molecular weight excluding hydrogens is 436 g/mol. The SMILES string of the molecule is C=CC(=O)c1cccc(Nc2ccnc(Nc3ccc(OC(C)CCC(=O)NO)cc3)n2)c1N. The number of anilines is 5. The minimum Gasteiger partial charge on any atom is -0.491 e. The van der Waals surface area contributed by atoms with Crippen LogP contribution in [0.5, 0.6) is 5.75 Å². The van der Waals surface area contributed by atoms with E-state index in [1.807, 2.05) is 19.1 Å². The van der Waals surface area contributed by atoms with E-state index in [0.717, 1.165) is 5.69 Å². The van der Waals surface area contributed by atoms with Crippen LogP contribution in [0, 0.1) is 0 Å². The fourth-order valence-corrected chi connectivity index (χ4v) is 3.05. The molecule has 0 radical (unpaired) electrons. The van der Waals surface area contributed by atoms with Crippen LogP contribution in [0.4, 0.5) is 28.8 Å². The van der Waals surface area contributed by atoms with Gasteiger partial charge in [0.1, 0.15) is 11.6 Å². The van der Waals surface area contributed by atoms with E-state index < -0.39 is 5.91 Å². The highest BCUT2D eigenvalue weighted by Crippen LogP contribution is 2.27. The molecule has 1 amide bonds. The zero-order valence-electron chi connectivity index (χ0n) is 18.6. The molecule has 34 heavy (non-hydrogen) atoms. The highest BCUT2D eigenvalue weighted by atomic mass is 16.5. The van der Waals surface area contributed by atoms with E-state index in [4.69, 9.17) is 15.7 Å². The van der Waals surface area contributed by atoms with Crippen LogP contribution < -0.4 is 26.6 Å². The Morgan fingerprint density at radius 1 is 1.18 bits per heavy atom. The van der Waals surface area contributed by atoms with Crippen molar-refractivity contribution >= 4 is 40.5 Å². The number of carbonyl (C=O) groups excluding carboxylic acids is 2. The number of nitrogen functional groups attached to an aromatic ring is 1. The first-order valence-electron chi connectivity index (χ1n) is 10.5. The Morgan fingerprint density at radius 3 is 2.65 bits per heavy atom. The first-order valence-corrected chi connectivity index (χ1v) is 10.5. The second kappa shape index (κ2) is 11.4. The van der Waals surface area contributed by atoms with Crippen LogP contribution in [0.25, 0.3) is 0 Å². The minimum absolute atomic E-state index is 0.166. The molecule has 1 unspecified atom stereocenters. The topological polar surface area (TPSA) is 151 Å². The van der Waals surface area contributed by atoms with Crippen LogP contribution >= 0.6 is 0 Å². The maximum Gasteiger partial charge on any atom is 0.243 e. The number of amides is 1. The number of hydrogen-bond acceptors (Lipinski definition) is 9. The number of allylic oxidation sites excluding steroid dienone is 1. The highest BCUT2D eigenvalue weighted by Gasteiger charge is 2.11. The first kappa shape index (κ1) is 24.2. The average Bonchev–Trinajstić information content (AvgIpc) is 2.85. The van der Waals surface area contributed by atoms with Gasteiger partial charge in [0.25, 0.3) is 0 Å². The van der Waals surface area contributed by atoms with Crippen LogP contribution in [-0.4, -0.2) is 33.0 Å². The summed E-state index contributed by atoms with van der Waals surface area (Å²) >= 11 is 0. The molecule has 1 heterocycles. The van der Waals surface area contributed by atoms with E-state index in [1.165, 1.54) is 6.08 Å². The van der Waals surface area contributed by atoms with Gasteiger partial charge in [-0.25, -0.2) is 10.5 Å². The molecule has 1 atom stereocenters. The van der Waals surface area contributed by atoms with Gasteiger partial charge in [0.15, 0.2) is 5.78 Å². The van der Waals surface area contributed by atoms with Gasteiger partial charge in [0, 0.05) is 23.9 Å². The second-order valence-electron chi connectivity index (χ2n) is 7.38. The van der Waals surface area contributed by atoms with Crippen molar-refractivity contribution in [3.63, 3.8) is 0 Å². The van der Waals surface area contributed by atoms with E-state index in [2.05, 4.69) is 27.2 Å². The third-order valence-corrected chi connectivity index (χ3v) is 4.83. The summed E-state index contributed by atoms with van der Waals surface area (Å²) in [6.07, 6.45) is 3.24. The lowest BCUT2D eigenvalue weighted by atomic mass is 10.1. The monoisotopic (exact) mass is 462 g/mol. The smallest absolute Gasteiger partial charge is 0.243 e. The van der Waals surface area contributed by atoms with Gasteiger partial charge < -0.3 is 21.1 Å². The Kier molecular flexibility index (Phi) is 8.14. The molecule has 0 fully saturated rings. The number of hydroxylamine groups is 1. The summed E-state index contributed by atoms with van der Waals surface area (Å²) in [7, 11) is 0. The van der Waals surface area contributed by atoms with Gasteiger partial charge in [0.2, 0.25) is 11.9 Å². The number of nitrogens with two attached hydrogens (primary N) is 1. The molecular formula is C24H26N6O4. The van der Waals surface area contributed by atoms with Gasteiger partial charge in [-0.05, 0) is 61.9 Å². The molecule has 0 aliphatic heterocycles. The van der Waals surface area contributed by atoms with Crippen LogP contribution in [0.3, 0.4) is 0 Å². The lowest BCUT2D eigenvalue weighted by Crippen LogP contribution is -2.21. The summed E-state index contributed by atoms with van der Waals surface area (Å²) in [5.74, 6) is 0.784. The molecule has 0 saturated carbocycles. The summed E-state index contributed by atoms with van der Waals surface area (Å²) < 4.78 is 5.77. The molecule has 0 spiro atoms. The summed E-state index contributed by atoms with van der Waals surface area (Å²) in [4.78, 5) is 31.7. The van der Waals surface area contributed by atoms with Crippen LogP contribution in [0.15, 0.2) is 67.4 Å². The number of benzene rings is 2. The Balaban J connectivity index is 1.63. The fourth-order valence-electron chi connectivity index (χ4n) is 3.05. The zero-order chi connectivity index (χ0) is 24.5. The molecule has 0 bridgehead atoms. The molecule has 1 aromatic heterocycles. The van der Waals surface area contributed by atoms with E-state index in [0.29, 0.717) is 40.9 Å². The van der Waals surface area contributed by atoms with Gasteiger partial charge >= 0.3 is 0 Å². The van der Waals surface area contributed by atoms with Gasteiger partial charge in [-0.15, -0.1) is 0 Å². The van der Waals surface area contributed by atoms with Crippen molar-refractivity contribution < 1.29 is 19.5 Å². The molecule has 2 aromatic carbocycles. The summed E-state index contributed by atoms with van der Waals surface area (Å²) in [6.45, 7) is 5.34. The molecule has 3 aromatic rings. The van der Waals surface area contributed by atoms with E-state index in [1.54, 1.807) is 48.1 Å². The lowest BCUT2D eigenvalue weighted by molar-refractivity contribution is -0.129. The average molecular weight is 463 g/mol. The van der Waals surface area contributed by atoms with Crippen molar-refractivity contribution in [3.8, 4) is 5.75 Å². The molecule has 0 aliphatic carbocycles. The zero-order valence-corrected chi connectivity index (χ0v) is 18.6. The van der Waals surface area contributed by atoms with Crippen LogP contribution in [-0.2, 0) is 4.79 Å². The number of para-hydroxylation sites is 1. The summed E-state index contributed by atoms with van der Waals surface area (Å²) in [5.41, 5.74) is 9.69. The molecule has 10 heteroatoms. The predicted molar refractivity (Wildman–Crippen MR) is 130 cm³/mol. The van der Waals surface area contributed by atoms with Crippen molar-refractivity contribution in [2.24, 2.45) is 0 Å². The maximum atomic E-state index is 12.0. The van der Waals surface area contributed by atoms with E-state index in [9.17, 15) is 9.59 Å². The Bertz CT molecular complexity index is 1170. The fraction of sp³-hybridized carbons (Fsp3) is 0.167. The van der Waals surface area contributed by atoms with Gasteiger partial charge in [-0.1, -0.05) is 12.6 Å². The number of nitrogens with zero attached hydrogens (tertiary/aromatic N) is 2. The van der Waals surface area contributed by atoms with E-state index in [-0.39, 0.29) is 18.3 Å². The van der Waals surface area contributed by atoms with Crippen molar-refractivity contribution in [3.05, 3.63) is 72.9 Å². The third kappa shape index (κ3) is 6.53. The van der Waals surface area contributed by atoms with Crippen LogP contribution in [0.2, 0.25) is 0 Å². The molecule has 6 N–H and O–H groups in total. The number of ether oxygens (including phenoxy) is 1. The minimum atomic E-state index is -0.452. The number of nitrogens with one attached hydrogen (secondary N) is 3. The van der Waals surface area contributed by atoms with Crippen molar-refractivity contribution in [2.75, 3.05) is 16.4 Å². The lowest BCUT2D eigenvalue weighted by Gasteiger charge is -2.15. The van der Waals surface area contributed by atoms with Gasteiger partial charge in [0.05, 0.1) is 17.5 Å². The van der Waals surface area contributed by atoms with E-state index >= 15 is 0 Å². The second-order valence-corrected chi connectivity index (χ2v) is 7.38. The number of rotatable bonds is 11. The Labute approximate surface area is 196 Å². The van der Waals surface area contributed by atoms with Gasteiger partial charge in [-0.3, -0.25) is 14.8 Å². The van der Waals surface area contributed by atoms with Crippen molar-refractivity contribution in [1.82, 2.24) is 15.4 Å². The Morgan fingerprint density at radius 2 is 1.94 bits per heavy atom. The van der Waals surface area contributed by atoms with Crippen molar-refractivity contribution in [1.29, 1.82) is 0 Å². The molecule has 3 rings (SSSR count). The summed E-state index contributed by atoms with van der Waals surface area (Å²) in [5, 5.41) is 14.8. The third-order valence-electron chi connectivity index (χ3n) is 4.83. The predicted octanol–water partition coefficient (Wildman–Crippen LogP) is 3.97. The van der Waals surface area contributed by atoms with Gasteiger partial charge in [-0.2, -0.15) is 4.98 Å². The summed E-state index contributed by atoms with van der Waals surface area (Å²) in [6, 6.07) is 14.0. The quantitative estimate of drug-likeness (QED) is 0.0937. The first-order chi connectivity index (χ1) is 16.4. The molecule has 10 nitrogen and oxygen atoms in total. The number of aromatic nitrogens is 2. The number of ketones is 1. The largest absolute Gasteiger partial charge is 0.491 e. The van der Waals surface area contributed by atoms with Crippen molar-refractivity contribution in [2.45, 2.75) is 25.9 Å². The highest BCUT2D eigenvalue weighted by molar-refractivity contribution is 6.09. The molecule has 0 saturated heterocycles. The number of carbonyl (C=O) groups is 2.